The Morgan fingerprint density at radius 1 is 1.31 bits per heavy atom. The Bertz CT molecular complexity index is 420. The number of benzene rings is 1. The van der Waals surface area contributed by atoms with Crippen molar-refractivity contribution in [1.82, 2.24) is 9.78 Å². The van der Waals surface area contributed by atoms with E-state index in [0.717, 1.165) is 11.3 Å². The fourth-order valence-corrected chi connectivity index (χ4v) is 1.56. The van der Waals surface area contributed by atoms with E-state index in [1.54, 1.807) is 0 Å². The molecule has 0 amide bonds. The Kier molecular flexibility index (Phi) is 2.15. The van der Waals surface area contributed by atoms with Gasteiger partial charge in [0.15, 0.2) is 0 Å². The van der Waals surface area contributed by atoms with Crippen LogP contribution in [-0.2, 0) is 7.05 Å². The SMILES string of the molecule is Cn1ccc(-c2cccc(P)c2)n1. The second kappa shape index (κ2) is 3.31. The minimum Gasteiger partial charge on any atom is -0.275 e. The Hall–Kier alpha value is -1.14. The molecule has 13 heavy (non-hydrogen) atoms. The quantitative estimate of drug-likeness (QED) is 0.624. The zero-order valence-electron chi connectivity index (χ0n) is 7.44. The van der Waals surface area contributed by atoms with Crippen molar-refractivity contribution in [3.05, 3.63) is 36.5 Å². The summed E-state index contributed by atoms with van der Waals surface area (Å²) in [6.45, 7) is 0. The number of rotatable bonds is 1. The first-order valence-electron chi connectivity index (χ1n) is 4.11. The summed E-state index contributed by atoms with van der Waals surface area (Å²) in [6.07, 6.45) is 1.95. The molecule has 0 aliphatic carbocycles. The highest BCUT2D eigenvalue weighted by molar-refractivity contribution is 7.27. The Labute approximate surface area is 79.8 Å². The zero-order valence-corrected chi connectivity index (χ0v) is 8.59. The molecule has 0 radical (unpaired) electrons. The van der Waals surface area contributed by atoms with E-state index in [2.05, 4.69) is 32.5 Å². The molecule has 3 heteroatoms. The lowest BCUT2D eigenvalue weighted by Gasteiger charge is -1.97. The second-order valence-electron chi connectivity index (χ2n) is 3.00. The number of hydrogen-bond donors (Lipinski definition) is 0. The van der Waals surface area contributed by atoms with Gasteiger partial charge in [0.2, 0.25) is 0 Å². The molecule has 1 atom stereocenters. The van der Waals surface area contributed by atoms with Gasteiger partial charge >= 0.3 is 0 Å². The standard InChI is InChI=1S/C10H11N2P/c1-12-6-5-10(11-12)8-3-2-4-9(13)7-8/h2-7H,13H2,1H3. The Balaban J connectivity index is 2.46. The maximum absolute atomic E-state index is 4.33. The van der Waals surface area contributed by atoms with Gasteiger partial charge in [-0.2, -0.15) is 5.10 Å². The number of nitrogens with zero attached hydrogens (tertiary/aromatic N) is 2. The van der Waals surface area contributed by atoms with Crippen LogP contribution < -0.4 is 5.30 Å². The maximum Gasteiger partial charge on any atom is 0.0923 e. The van der Waals surface area contributed by atoms with Gasteiger partial charge in [-0.25, -0.2) is 0 Å². The van der Waals surface area contributed by atoms with Crippen LogP contribution in [0.3, 0.4) is 0 Å². The third-order valence-electron chi connectivity index (χ3n) is 1.90. The first-order chi connectivity index (χ1) is 6.25. The van der Waals surface area contributed by atoms with E-state index in [9.17, 15) is 0 Å². The minimum absolute atomic E-state index is 1.02. The van der Waals surface area contributed by atoms with Crippen LogP contribution in [0.4, 0.5) is 0 Å². The van der Waals surface area contributed by atoms with Gasteiger partial charge in [0, 0.05) is 18.8 Å². The van der Waals surface area contributed by atoms with E-state index < -0.39 is 0 Å². The predicted molar refractivity (Wildman–Crippen MR) is 58.0 cm³/mol. The number of hydrogen-bond acceptors (Lipinski definition) is 1. The molecule has 2 nitrogen and oxygen atoms in total. The highest BCUT2D eigenvalue weighted by Crippen LogP contribution is 2.15. The highest BCUT2D eigenvalue weighted by atomic mass is 31.0. The number of aromatic nitrogens is 2. The van der Waals surface area contributed by atoms with Gasteiger partial charge in [0.25, 0.3) is 0 Å². The minimum atomic E-state index is 1.02. The summed E-state index contributed by atoms with van der Waals surface area (Å²) < 4.78 is 1.81. The largest absolute Gasteiger partial charge is 0.275 e. The van der Waals surface area contributed by atoms with Gasteiger partial charge in [-0.3, -0.25) is 4.68 Å². The summed E-state index contributed by atoms with van der Waals surface area (Å²) in [5, 5.41) is 5.51. The lowest BCUT2D eigenvalue weighted by atomic mass is 10.2. The fraction of sp³-hybridized carbons (Fsp3) is 0.100. The highest BCUT2D eigenvalue weighted by Gasteiger charge is 1.99. The molecular weight excluding hydrogens is 179 g/mol. The van der Waals surface area contributed by atoms with Gasteiger partial charge in [-0.1, -0.05) is 18.2 Å². The van der Waals surface area contributed by atoms with Crippen LogP contribution in [0.1, 0.15) is 0 Å². The predicted octanol–water partition coefficient (Wildman–Crippen LogP) is 1.59. The van der Waals surface area contributed by atoms with Crippen molar-refractivity contribution in [2.75, 3.05) is 0 Å². The average Bonchev–Trinajstić information content (AvgIpc) is 2.52. The van der Waals surface area contributed by atoms with Crippen molar-refractivity contribution in [2.24, 2.45) is 7.05 Å². The van der Waals surface area contributed by atoms with Gasteiger partial charge in [-0.15, -0.1) is 9.24 Å². The van der Waals surface area contributed by atoms with Crippen LogP contribution in [0.15, 0.2) is 36.5 Å². The fourth-order valence-electron chi connectivity index (χ4n) is 1.27. The van der Waals surface area contributed by atoms with E-state index in [1.807, 2.05) is 30.1 Å². The first-order valence-corrected chi connectivity index (χ1v) is 4.69. The third kappa shape index (κ3) is 1.78. The molecule has 0 N–H and O–H groups in total. The van der Waals surface area contributed by atoms with Crippen LogP contribution in [-0.4, -0.2) is 9.78 Å². The van der Waals surface area contributed by atoms with E-state index in [4.69, 9.17) is 0 Å². The molecule has 0 aliphatic heterocycles. The lowest BCUT2D eigenvalue weighted by Crippen LogP contribution is -1.91. The number of aryl methyl sites for hydroxylation is 1. The summed E-state index contributed by atoms with van der Waals surface area (Å²) in [7, 11) is 4.61. The van der Waals surface area contributed by atoms with E-state index >= 15 is 0 Å². The molecule has 66 valence electrons. The molecule has 1 heterocycles. The third-order valence-corrected chi connectivity index (χ3v) is 2.26. The van der Waals surface area contributed by atoms with Crippen LogP contribution in [0.2, 0.25) is 0 Å². The van der Waals surface area contributed by atoms with Gasteiger partial charge in [0.05, 0.1) is 5.69 Å². The Morgan fingerprint density at radius 2 is 2.15 bits per heavy atom. The van der Waals surface area contributed by atoms with Crippen molar-refractivity contribution in [3.63, 3.8) is 0 Å². The topological polar surface area (TPSA) is 17.8 Å². The van der Waals surface area contributed by atoms with Crippen LogP contribution >= 0.6 is 9.24 Å². The van der Waals surface area contributed by atoms with E-state index in [-0.39, 0.29) is 0 Å². The lowest BCUT2D eigenvalue weighted by molar-refractivity contribution is 0.771. The molecule has 0 saturated carbocycles. The molecule has 2 rings (SSSR count). The van der Waals surface area contributed by atoms with Crippen LogP contribution in [0.5, 0.6) is 0 Å². The smallest absolute Gasteiger partial charge is 0.0923 e. The molecule has 1 aromatic heterocycles. The van der Waals surface area contributed by atoms with Crippen molar-refractivity contribution >= 4 is 14.5 Å². The Morgan fingerprint density at radius 3 is 2.77 bits per heavy atom. The molecule has 0 bridgehead atoms. The molecule has 0 fully saturated rings. The van der Waals surface area contributed by atoms with Crippen molar-refractivity contribution in [1.29, 1.82) is 0 Å². The summed E-state index contributed by atoms with van der Waals surface area (Å²) >= 11 is 0. The van der Waals surface area contributed by atoms with Crippen molar-refractivity contribution < 1.29 is 0 Å². The molecule has 0 aliphatic rings. The van der Waals surface area contributed by atoms with Crippen molar-refractivity contribution in [3.8, 4) is 11.3 Å². The summed E-state index contributed by atoms with van der Waals surface area (Å²) in [5.41, 5.74) is 2.18. The van der Waals surface area contributed by atoms with Gasteiger partial charge in [0.1, 0.15) is 0 Å². The zero-order chi connectivity index (χ0) is 9.26. The molecular formula is C10H11N2P. The molecule has 2 aromatic rings. The molecule has 1 unspecified atom stereocenters. The first kappa shape index (κ1) is 8.46. The molecule has 1 aromatic carbocycles. The van der Waals surface area contributed by atoms with Crippen LogP contribution in [0, 0.1) is 0 Å². The monoisotopic (exact) mass is 190 g/mol. The summed E-state index contributed by atoms with van der Waals surface area (Å²) in [6, 6.07) is 10.3. The molecule has 0 spiro atoms. The van der Waals surface area contributed by atoms with E-state index in [0.29, 0.717) is 0 Å². The van der Waals surface area contributed by atoms with Gasteiger partial charge < -0.3 is 0 Å². The average molecular weight is 190 g/mol. The van der Waals surface area contributed by atoms with Crippen LogP contribution in [0.25, 0.3) is 11.3 Å². The second-order valence-corrected chi connectivity index (χ2v) is 3.67. The maximum atomic E-state index is 4.33. The summed E-state index contributed by atoms with van der Waals surface area (Å²) in [4.78, 5) is 0. The summed E-state index contributed by atoms with van der Waals surface area (Å²) in [5.74, 6) is 0. The van der Waals surface area contributed by atoms with Crippen molar-refractivity contribution in [2.45, 2.75) is 0 Å². The van der Waals surface area contributed by atoms with Gasteiger partial charge in [-0.05, 0) is 17.4 Å². The van der Waals surface area contributed by atoms with E-state index in [1.165, 1.54) is 5.30 Å². The normalized spacial score (nSPS) is 10.3. The molecule has 0 saturated heterocycles.